The summed E-state index contributed by atoms with van der Waals surface area (Å²) in [7, 11) is 0. The Hall–Kier alpha value is -2.76. The normalized spacial score (nSPS) is 20.8. The van der Waals surface area contributed by atoms with Gasteiger partial charge in [-0.1, -0.05) is 48.0 Å². The first kappa shape index (κ1) is 18.3. The zero-order chi connectivity index (χ0) is 19.6. The van der Waals surface area contributed by atoms with Crippen molar-refractivity contribution in [3.63, 3.8) is 0 Å². The lowest BCUT2D eigenvalue weighted by molar-refractivity contribution is -0.144. The topological polar surface area (TPSA) is 48.9 Å². The first-order valence-electron chi connectivity index (χ1n) is 9.98. The van der Waals surface area contributed by atoms with Crippen molar-refractivity contribution in [2.24, 2.45) is 10.9 Å². The molecular weight excluding hydrogens is 384 g/mol. The monoisotopic (exact) mass is 406 g/mol. The van der Waals surface area contributed by atoms with Crippen LogP contribution in [0.4, 0.5) is 5.69 Å². The minimum Gasteiger partial charge on any atom is -0.332 e. The molecule has 0 spiro atoms. The molecule has 0 aromatic heterocycles. The van der Waals surface area contributed by atoms with Crippen molar-refractivity contribution >= 4 is 28.8 Å². The second-order valence-corrected chi connectivity index (χ2v) is 8.02. The van der Waals surface area contributed by atoms with E-state index in [4.69, 9.17) is 21.4 Å². The van der Waals surface area contributed by atoms with E-state index >= 15 is 0 Å². The molecule has 148 valence electrons. The van der Waals surface area contributed by atoms with Gasteiger partial charge in [0.2, 0.25) is 5.96 Å². The van der Waals surface area contributed by atoms with Crippen molar-refractivity contribution in [2.45, 2.75) is 25.4 Å². The predicted molar refractivity (Wildman–Crippen MR) is 117 cm³/mol. The number of hydroxylamine groups is 2. The fourth-order valence-corrected chi connectivity index (χ4v) is 3.78. The third-order valence-corrected chi connectivity index (χ3v) is 5.64. The second-order valence-electron chi connectivity index (χ2n) is 7.62. The molecule has 1 aliphatic carbocycles. The highest BCUT2D eigenvalue weighted by molar-refractivity contribution is 6.32. The maximum atomic E-state index is 6.46. The molecule has 2 aromatic rings. The maximum Gasteiger partial charge on any atom is 0.202 e. The molecule has 2 heterocycles. The van der Waals surface area contributed by atoms with E-state index in [1.807, 2.05) is 59.8 Å². The third kappa shape index (κ3) is 4.16. The Morgan fingerprint density at radius 1 is 1.10 bits per heavy atom. The van der Waals surface area contributed by atoms with Crippen molar-refractivity contribution in [1.82, 2.24) is 10.4 Å². The summed E-state index contributed by atoms with van der Waals surface area (Å²) < 4.78 is 0. The van der Waals surface area contributed by atoms with Crippen LogP contribution in [-0.2, 0) is 4.84 Å². The highest BCUT2D eigenvalue weighted by Crippen LogP contribution is 2.37. The van der Waals surface area contributed by atoms with Crippen LogP contribution in [0, 0.1) is 5.92 Å². The van der Waals surface area contributed by atoms with Gasteiger partial charge in [0.05, 0.1) is 6.61 Å². The Morgan fingerprint density at radius 3 is 2.69 bits per heavy atom. The molecule has 0 bridgehead atoms. The fraction of sp³-hybridized carbons (Fsp3) is 0.261. The lowest BCUT2D eigenvalue weighted by Crippen LogP contribution is -2.42. The van der Waals surface area contributed by atoms with Crippen LogP contribution in [0.2, 0.25) is 5.02 Å². The molecule has 1 unspecified atom stereocenters. The van der Waals surface area contributed by atoms with Crippen molar-refractivity contribution in [2.75, 3.05) is 11.9 Å². The van der Waals surface area contributed by atoms with E-state index in [0.29, 0.717) is 11.9 Å². The Balaban J connectivity index is 1.42. The Labute approximate surface area is 175 Å². The lowest BCUT2D eigenvalue weighted by Gasteiger charge is -2.36. The summed E-state index contributed by atoms with van der Waals surface area (Å²) in [6.45, 7) is 0.723. The average molecular weight is 407 g/mol. The molecule has 5 rings (SSSR count). The number of anilines is 1. The largest absolute Gasteiger partial charge is 0.332 e. The molecule has 2 N–H and O–H groups in total. The van der Waals surface area contributed by atoms with Crippen molar-refractivity contribution in [1.29, 1.82) is 0 Å². The van der Waals surface area contributed by atoms with Crippen molar-refractivity contribution < 1.29 is 4.84 Å². The Bertz CT molecular complexity index is 981. The standard InChI is InChI=1S/C23H23ClN4O/c24-21-9-5-4-8-20(21)18-12-17-13-25-23(26-19-6-2-1-3-7-19)27-22(17)28(14-18)29-15-16-10-11-16/h1-9,13-14,16,22H,10-12,15H2,(H2,25,26,27). The SMILES string of the molecule is Clc1ccccc1C1=CN(OCC2CC2)C2N=C(Nc3ccccc3)NC=C2C1. The van der Waals surface area contributed by atoms with E-state index in [1.165, 1.54) is 12.8 Å². The molecular formula is C23H23ClN4O. The van der Waals surface area contributed by atoms with Crippen LogP contribution in [0.1, 0.15) is 24.8 Å². The average Bonchev–Trinajstić information content (AvgIpc) is 3.58. The van der Waals surface area contributed by atoms with Gasteiger partial charge in [0.15, 0.2) is 6.17 Å². The summed E-state index contributed by atoms with van der Waals surface area (Å²) in [6.07, 6.45) is 7.16. The Kier molecular flexibility index (Phi) is 5.00. The molecule has 6 heteroatoms. The third-order valence-electron chi connectivity index (χ3n) is 5.31. The quantitative estimate of drug-likeness (QED) is 0.732. The summed E-state index contributed by atoms with van der Waals surface area (Å²) in [4.78, 5) is 11.1. The molecule has 0 saturated heterocycles. The molecule has 0 amide bonds. The smallest absolute Gasteiger partial charge is 0.202 e. The highest BCUT2D eigenvalue weighted by atomic mass is 35.5. The number of allylic oxidation sites excluding steroid dienone is 1. The van der Waals surface area contributed by atoms with Crippen molar-refractivity contribution in [3.8, 4) is 0 Å². The summed E-state index contributed by atoms with van der Waals surface area (Å²) in [5.41, 5.74) is 4.30. The number of hydrogen-bond donors (Lipinski definition) is 2. The van der Waals surface area contributed by atoms with Crippen LogP contribution in [-0.4, -0.2) is 23.8 Å². The number of guanidine groups is 1. The minimum absolute atomic E-state index is 0.188. The summed E-state index contributed by atoms with van der Waals surface area (Å²) in [6, 6.07) is 18.0. The van der Waals surface area contributed by atoms with Gasteiger partial charge in [-0.15, -0.1) is 0 Å². The number of benzene rings is 2. The number of hydrogen-bond acceptors (Lipinski definition) is 5. The van der Waals surface area contributed by atoms with Gasteiger partial charge >= 0.3 is 0 Å². The molecule has 1 atom stereocenters. The molecule has 0 radical (unpaired) electrons. The molecule has 2 aromatic carbocycles. The van der Waals surface area contributed by atoms with Gasteiger partial charge in [0.25, 0.3) is 0 Å². The highest BCUT2D eigenvalue weighted by Gasteiger charge is 2.32. The summed E-state index contributed by atoms with van der Waals surface area (Å²) >= 11 is 6.46. The molecule has 29 heavy (non-hydrogen) atoms. The van der Waals surface area contributed by atoms with Gasteiger partial charge in [-0.3, -0.25) is 4.84 Å². The molecule has 1 saturated carbocycles. The van der Waals surface area contributed by atoms with E-state index in [9.17, 15) is 0 Å². The first-order chi connectivity index (χ1) is 14.3. The van der Waals surface area contributed by atoms with Crippen LogP contribution < -0.4 is 10.6 Å². The van der Waals surface area contributed by atoms with Crippen LogP contribution in [0.15, 0.2) is 77.6 Å². The number of nitrogens with zero attached hydrogens (tertiary/aromatic N) is 2. The summed E-state index contributed by atoms with van der Waals surface area (Å²) in [5.74, 6) is 1.37. The van der Waals surface area contributed by atoms with E-state index in [2.05, 4.69) is 22.9 Å². The zero-order valence-electron chi connectivity index (χ0n) is 16.0. The summed E-state index contributed by atoms with van der Waals surface area (Å²) in [5, 5.41) is 9.26. The number of halogens is 1. The van der Waals surface area contributed by atoms with Gasteiger partial charge in [-0.05, 0) is 53.7 Å². The van der Waals surface area contributed by atoms with Crippen LogP contribution in [0.5, 0.6) is 0 Å². The van der Waals surface area contributed by atoms with Gasteiger partial charge in [-0.2, -0.15) is 0 Å². The van der Waals surface area contributed by atoms with Crippen LogP contribution in [0.25, 0.3) is 5.57 Å². The Morgan fingerprint density at radius 2 is 1.90 bits per heavy atom. The number of fused-ring (bicyclic) bond motifs is 1. The van der Waals surface area contributed by atoms with Crippen molar-refractivity contribution in [3.05, 3.63) is 83.2 Å². The number of nitrogens with one attached hydrogen (secondary N) is 2. The van der Waals surface area contributed by atoms with E-state index in [0.717, 1.165) is 40.4 Å². The molecule has 2 aliphatic heterocycles. The van der Waals surface area contributed by atoms with E-state index in [1.54, 1.807) is 0 Å². The zero-order valence-corrected chi connectivity index (χ0v) is 16.8. The molecule has 3 aliphatic rings. The maximum absolute atomic E-state index is 6.46. The predicted octanol–water partition coefficient (Wildman–Crippen LogP) is 5.01. The van der Waals surface area contributed by atoms with Crippen LogP contribution in [0.3, 0.4) is 0 Å². The first-order valence-corrected chi connectivity index (χ1v) is 10.4. The van der Waals surface area contributed by atoms with Crippen LogP contribution >= 0.6 is 11.6 Å². The lowest BCUT2D eigenvalue weighted by atomic mass is 9.94. The number of para-hydroxylation sites is 1. The van der Waals surface area contributed by atoms with E-state index in [-0.39, 0.29) is 6.17 Å². The van der Waals surface area contributed by atoms with Gasteiger partial charge in [0.1, 0.15) is 0 Å². The minimum atomic E-state index is -0.188. The number of aliphatic imine (C=N–C) groups is 1. The van der Waals surface area contributed by atoms with Gasteiger partial charge in [0, 0.05) is 29.5 Å². The fourth-order valence-electron chi connectivity index (χ4n) is 3.53. The van der Waals surface area contributed by atoms with E-state index < -0.39 is 0 Å². The number of rotatable bonds is 5. The molecule has 5 nitrogen and oxygen atoms in total. The van der Waals surface area contributed by atoms with Gasteiger partial charge < -0.3 is 10.6 Å². The molecule has 1 fully saturated rings. The second kappa shape index (κ2) is 7.93. The van der Waals surface area contributed by atoms with Gasteiger partial charge in [-0.25, -0.2) is 10.1 Å².